The van der Waals surface area contributed by atoms with Crippen LogP contribution in [0, 0.1) is 0 Å². The Labute approximate surface area is 280 Å². The SMILES string of the molecule is CC/C=C/C=C/C=C/C=C/C=C/CCCC(=O)OCC(CO)OC(=O)CCCCCCCC/C=C/C/C=C/C/C=C/C/C=C/CC. The van der Waals surface area contributed by atoms with Gasteiger partial charge in [-0.25, -0.2) is 0 Å². The van der Waals surface area contributed by atoms with Crippen LogP contribution in [-0.2, 0) is 19.1 Å². The van der Waals surface area contributed by atoms with Crippen LogP contribution < -0.4 is 0 Å². The molecule has 1 unspecified atom stereocenters. The molecule has 0 aliphatic rings. The molecule has 0 amide bonds. The van der Waals surface area contributed by atoms with E-state index in [0.717, 1.165) is 70.6 Å². The van der Waals surface area contributed by atoms with E-state index in [1.807, 2.05) is 54.7 Å². The monoisotopic (exact) mass is 634 g/mol. The molecule has 0 rings (SSSR count). The Morgan fingerprint density at radius 1 is 0.522 bits per heavy atom. The number of allylic oxidation sites excluding steroid dienone is 18. The number of carbonyl (C=O) groups is 2. The van der Waals surface area contributed by atoms with Gasteiger partial charge in [0.05, 0.1) is 6.61 Å². The average molecular weight is 635 g/mol. The molecule has 0 radical (unpaired) electrons. The first-order valence-electron chi connectivity index (χ1n) is 17.5. The van der Waals surface area contributed by atoms with Crippen molar-refractivity contribution < 1.29 is 24.2 Å². The predicted octanol–water partition coefficient (Wildman–Crippen LogP) is 10.7. The van der Waals surface area contributed by atoms with Crippen molar-refractivity contribution in [2.75, 3.05) is 13.2 Å². The Bertz CT molecular complexity index is 990. The number of hydrogen-bond acceptors (Lipinski definition) is 5. The number of ether oxygens (including phenoxy) is 2. The lowest BCUT2D eigenvalue weighted by molar-refractivity contribution is -0.161. The molecule has 0 saturated heterocycles. The van der Waals surface area contributed by atoms with Gasteiger partial charge in [-0.05, 0) is 64.2 Å². The highest BCUT2D eigenvalue weighted by Crippen LogP contribution is 2.10. The summed E-state index contributed by atoms with van der Waals surface area (Å²) in [4.78, 5) is 24.1. The van der Waals surface area contributed by atoms with Gasteiger partial charge in [0.15, 0.2) is 6.10 Å². The topological polar surface area (TPSA) is 72.8 Å². The van der Waals surface area contributed by atoms with Crippen molar-refractivity contribution in [1.82, 2.24) is 0 Å². The van der Waals surface area contributed by atoms with Gasteiger partial charge in [0.2, 0.25) is 0 Å². The molecule has 0 saturated carbocycles. The molecule has 0 aromatic carbocycles. The number of esters is 2. The Kier molecular flexibility index (Phi) is 33.3. The normalized spacial score (nSPS) is 13.5. The third kappa shape index (κ3) is 33.5. The van der Waals surface area contributed by atoms with E-state index in [2.05, 4.69) is 68.5 Å². The molecular formula is C41H62O5. The van der Waals surface area contributed by atoms with Crippen LogP contribution in [0.25, 0.3) is 0 Å². The number of carbonyl (C=O) groups excluding carboxylic acids is 2. The molecule has 256 valence electrons. The minimum Gasteiger partial charge on any atom is -0.462 e. The van der Waals surface area contributed by atoms with Crippen molar-refractivity contribution in [2.45, 2.75) is 123 Å². The van der Waals surface area contributed by atoms with Crippen molar-refractivity contribution in [3.63, 3.8) is 0 Å². The van der Waals surface area contributed by atoms with Crippen LogP contribution >= 0.6 is 0 Å². The number of rotatable bonds is 29. The lowest BCUT2D eigenvalue weighted by Crippen LogP contribution is -2.28. The van der Waals surface area contributed by atoms with Crippen LogP contribution in [0.2, 0.25) is 0 Å². The second kappa shape index (κ2) is 36.0. The minimum absolute atomic E-state index is 0.117. The van der Waals surface area contributed by atoms with Crippen LogP contribution in [0.1, 0.15) is 117 Å². The maximum atomic E-state index is 12.1. The lowest BCUT2D eigenvalue weighted by Gasteiger charge is -2.15. The molecule has 0 aliphatic heterocycles. The maximum Gasteiger partial charge on any atom is 0.306 e. The summed E-state index contributed by atoms with van der Waals surface area (Å²) in [5, 5.41) is 9.51. The van der Waals surface area contributed by atoms with Crippen LogP contribution in [-0.4, -0.2) is 36.4 Å². The van der Waals surface area contributed by atoms with Crippen molar-refractivity contribution in [1.29, 1.82) is 0 Å². The molecule has 5 nitrogen and oxygen atoms in total. The maximum absolute atomic E-state index is 12.1. The van der Waals surface area contributed by atoms with E-state index in [1.54, 1.807) is 0 Å². The molecule has 0 bridgehead atoms. The molecule has 0 aromatic rings. The fourth-order valence-corrected chi connectivity index (χ4v) is 4.10. The van der Waals surface area contributed by atoms with Gasteiger partial charge in [-0.1, -0.05) is 149 Å². The van der Waals surface area contributed by atoms with E-state index in [0.29, 0.717) is 12.8 Å². The van der Waals surface area contributed by atoms with Gasteiger partial charge in [-0.3, -0.25) is 9.59 Å². The average Bonchev–Trinajstić information content (AvgIpc) is 3.06. The summed E-state index contributed by atoms with van der Waals surface area (Å²) in [6.07, 6.45) is 51.5. The van der Waals surface area contributed by atoms with Gasteiger partial charge < -0.3 is 14.6 Å². The fourth-order valence-electron chi connectivity index (χ4n) is 4.10. The standard InChI is InChI=1S/C41H62O5/c1-3-5-7-9-11-13-15-17-18-19-20-21-22-24-26-28-30-32-34-36-41(44)46-39(37-42)38-45-40(43)35-33-31-29-27-25-23-16-14-12-10-8-6-4-2/h5-8,10-14,16-18,20-21,23,25,27,29,39,42H,3-4,9,15,19,22,24,26,28,30-38H2,1-2H3/b7-5+,8-6+,12-10+,13-11+,16-14+,18-17+,21-20+,25-23+,29-27+. The third-order valence-corrected chi connectivity index (χ3v) is 6.69. The molecule has 1 atom stereocenters. The molecular weight excluding hydrogens is 572 g/mol. The smallest absolute Gasteiger partial charge is 0.306 e. The highest BCUT2D eigenvalue weighted by atomic mass is 16.6. The Morgan fingerprint density at radius 3 is 1.61 bits per heavy atom. The second-order valence-corrected chi connectivity index (χ2v) is 10.9. The second-order valence-electron chi connectivity index (χ2n) is 10.9. The van der Waals surface area contributed by atoms with E-state index in [9.17, 15) is 14.7 Å². The van der Waals surface area contributed by atoms with E-state index in [-0.39, 0.29) is 31.6 Å². The summed E-state index contributed by atoms with van der Waals surface area (Å²) in [7, 11) is 0. The van der Waals surface area contributed by atoms with E-state index in [1.165, 1.54) is 12.8 Å². The number of aliphatic hydroxyl groups excluding tert-OH is 1. The summed E-state index contributed by atoms with van der Waals surface area (Å²) in [5.41, 5.74) is 0. The van der Waals surface area contributed by atoms with Crippen molar-refractivity contribution >= 4 is 11.9 Å². The summed E-state index contributed by atoms with van der Waals surface area (Å²) in [6.45, 7) is 3.77. The van der Waals surface area contributed by atoms with Gasteiger partial charge in [0.1, 0.15) is 6.61 Å². The number of hydrogen-bond donors (Lipinski definition) is 1. The van der Waals surface area contributed by atoms with Gasteiger partial charge in [0.25, 0.3) is 0 Å². The summed E-state index contributed by atoms with van der Waals surface area (Å²) < 4.78 is 10.5. The van der Waals surface area contributed by atoms with Crippen molar-refractivity contribution in [2.24, 2.45) is 0 Å². The summed E-state index contributed by atoms with van der Waals surface area (Å²) >= 11 is 0. The predicted molar refractivity (Wildman–Crippen MR) is 195 cm³/mol. The van der Waals surface area contributed by atoms with Crippen LogP contribution in [0.3, 0.4) is 0 Å². The van der Waals surface area contributed by atoms with Crippen molar-refractivity contribution in [3.8, 4) is 0 Å². The molecule has 0 aliphatic carbocycles. The first-order chi connectivity index (χ1) is 22.6. The summed E-state index contributed by atoms with van der Waals surface area (Å²) in [6, 6.07) is 0. The molecule has 0 spiro atoms. The van der Waals surface area contributed by atoms with E-state index in [4.69, 9.17) is 9.47 Å². The summed E-state index contributed by atoms with van der Waals surface area (Å²) in [5.74, 6) is -0.709. The minimum atomic E-state index is -0.814. The lowest BCUT2D eigenvalue weighted by atomic mass is 10.1. The zero-order valence-electron chi connectivity index (χ0n) is 28.8. The fraction of sp³-hybridized carbons (Fsp3) is 0.512. The van der Waals surface area contributed by atoms with E-state index >= 15 is 0 Å². The highest BCUT2D eigenvalue weighted by Gasteiger charge is 2.15. The Hall–Kier alpha value is -3.44. The molecule has 0 heterocycles. The number of unbranched alkanes of at least 4 members (excludes halogenated alkanes) is 7. The molecule has 5 heteroatoms. The van der Waals surface area contributed by atoms with Crippen molar-refractivity contribution in [3.05, 3.63) is 109 Å². The number of aliphatic hydroxyl groups is 1. The first-order valence-corrected chi connectivity index (χ1v) is 17.5. The Balaban J connectivity index is 3.76. The van der Waals surface area contributed by atoms with Crippen LogP contribution in [0.15, 0.2) is 109 Å². The van der Waals surface area contributed by atoms with E-state index < -0.39 is 6.10 Å². The largest absolute Gasteiger partial charge is 0.462 e. The zero-order chi connectivity index (χ0) is 33.6. The Morgan fingerprint density at radius 2 is 1.00 bits per heavy atom. The van der Waals surface area contributed by atoms with Gasteiger partial charge in [0, 0.05) is 12.8 Å². The van der Waals surface area contributed by atoms with Crippen LogP contribution in [0.4, 0.5) is 0 Å². The third-order valence-electron chi connectivity index (χ3n) is 6.69. The zero-order valence-corrected chi connectivity index (χ0v) is 28.8. The first kappa shape index (κ1) is 42.6. The van der Waals surface area contributed by atoms with Gasteiger partial charge in [-0.2, -0.15) is 0 Å². The van der Waals surface area contributed by atoms with Gasteiger partial charge >= 0.3 is 11.9 Å². The molecule has 1 N–H and O–H groups in total. The molecule has 0 fully saturated rings. The molecule has 0 aromatic heterocycles. The molecule has 46 heavy (non-hydrogen) atoms. The van der Waals surface area contributed by atoms with Gasteiger partial charge in [-0.15, -0.1) is 0 Å². The highest BCUT2D eigenvalue weighted by molar-refractivity contribution is 5.70. The quantitative estimate of drug-likeness (QED) is 0.0384. The van der Waals surface area contributed by atoms with Crippen LogP contribution in [0.5, 0.6) is 0 Å².